The molecule has 0 saturated heterocycles. The lowest BCUT2D eigenvalue weighted by Gasteiger charge is -2.12. The number of sulfonamides is 1. The zero-order valence-corrected chi connectivity index (χ0v) is 19.3. The summed E-state index contributed by atoms with van der Waals surface area (Å²) in [5, 5.41) is 3.56. The van der Waals surface area contributed by atoms with Crippen molar-refractivity contribution in [2.24, 2.45) is 0 Å². The number of carbonyl (C=O) groups excluding carboxylic acids is 1. The number of carbonyl (C=O) groups is 1. The van der Waals surface area contributed by atoms with Gasteiger partial charge in [-0.2, -0.15) is 0 Å². The standard InChI is InChI=1S/C19H11Cl5N2O3S/c20-11-2-4-12(5-3-11)26-30(28,29)18-7-10(1-6-13(18)21)19(27)25-17-9-15(23)14(22)8-16(17)24/h1-9,26H,(H,25,27). The SMILES string of the molecule is O=C(Nc1cc(Cl)c(Cl)cc1Cl)c1ccc(Cl)c(S(=O)(=O)Nc2ccc(Cl)cc2)c1. The first-order valence-electron chi connectivity index (χ1n) is 8.10. The average molecular weight is 525 g/mol. The largest absolute Gasteiger partial charge is 0.321 e. The summed E-state index contributed by atoms with van der Waals surface area (Å²) in [6, 6.07) is 12.7. The maximum absolute atomic E-state index is 12.8. The zero-order valence-electron chi connectivity index (χ0n) is 14.7. The van der Waals surface area contributed by atoms with Crippen LogP contribution < -0.4 is 10.0 Å². The van der Waals surface area contributed by atoms with Gasteiger partial charge in [-0.3, -0.25) is 9.52 Å². The highest BCUT2D eigenvalue weighted by atomic mass is 35.5. The van der Waals surface area contributed by atoms with Crippen molar-refractivity contribution in [1.82, 2.24) is 0 Å². The van der Waals surface area contributed by atoms with Gasteiger partial charge in [-0.25, -0.2) is 8.42 Å². The molecule has 0 aromatic heterocycles. The summed E-state index contributed by atoms with van der Waals surface area (Å²) in [5.41, 5.74) is 0.542. The van der Waals surface area contributed by atoms with E-state index < -0.39 is 15.9 Å². The van der Waals surface area contributed by atoms with Crippen molar-refractivity contribution < 1.29 is 13.2 Å². The number of benzene rings is 3. The van der Waals surface area contributed by atoms with Gasteiger partial charge in [0.15, 0.2) is 0 Å². The molecule has 0 saturated carbocycles. The predicted molar refractivity (Wildman–Crippen MR) is 123 cm³/mol. The van der Waals surface area contributed by atoms with Gasteiger partial charge in [0.05, 0.1) is 25.8 Å². The van der Waals surface area contributed by atoms with Crippen LogP contribution >= 0.6 is 58.0 Å². The van der Waals surface area contributed by atoms with Gasteiger partial charge in [-0.15, -0.1) is 0 Å². The molecule has 0 unspecified atom stereocenters. The molecule has 3 rings (SSSR count). The molecule has 0 atom stereocenters. The summed E-state index contributed by atoms with van der Waals surface area (Å²) in [5.74, 6) is -0.616. The first-order valence-corrected chi connectivity index (χ1v) is 11.5. The van der Waals surface area contributed by atoms with E-state index in [1.165, 1.54) is 48.5 Å². The maximum Gasteiger partial charge on any atom is 0.263 e. The summed E-state index contributed by atoms with van der Waals surface area (Å²) in [6.45, 7) is 0. The van der Waals surface area contributed by atoms with Crippen LogP contribution in [0.15, 0.2) is 59.5 Å². The van der Waals surface area contributed by atoms with E-state index in [1.807, 2.05) is 0 Å². The maximum atomic E-state index is 12.8. The molecule has 0 spiro atoms. The molecule has 0 bridgehead atoms. The Labute approximate surface area is 197 Å². The van der Waals surface area contributed by atoms with E-state index in [1.54, 1.807) is 0 Å². The molecule has 11 heteroatoms. The number of rotatable bonds is 5. The van der Waals surface area contributed by atoms with Crippen molar-refractivity contribution in [3.8, 4) is 0 Å². The van der Waals surface area contributed by atoms with Crippen LogP contribution in [0.5, 0.6) is 0 Å². The monoisotopic (exact) mass is 522 g/mol. The Balaban J connectivity index is 1.90. The Morgan fingerprint density at radius 2 is 1.37 bits per heavy atom. The van der Waals surface area contributed by atoms with Crippen molar-refractivity contribution in [3.63, 3.8) is 0 Å². The highest BCUT2D eigenvalue weighted by molar-refractivity contribution is 7.92. The third-order valence-corrected chi connectivity index (χ3v) is 6.99. The van der Waals surface area contributed by atoms with Gasteiger partial charge < -0.3 is 5.32 Å². The fourth-order valence-electron chi connectivity index (χ4n) is 2.39. The van der Waals surface area contributed by atoms with Crippen LogP contribution in [0.4, 0.5) is 11.4 Å². The summed E-state index contributed by atoms with van der Waals surface area (Å²) in [6.07, 6.45) is 0. The van der Waals surface area contributed by atoms with Crippen LogP contribution in [0, 0.1) is 0 Å². The molecule has 30 heavy (non-hydrogen) atoms. The van der Waals surface area contributed by atoms with Crippen LogP contribution in [-0.4, -0.2) is 14.3 Å². The van der Waals surface area contributed by atoms with Gasteiger partial charge in [0, 0.05) is 16.3 Å². The van der Waals surface area contributed by atoms with Crippen LogP contribution in [-0.2, 0) is 10.0 Å². The van der Waals surface area contributed by atoms with E-state index in [0.717, 1.165) is 6.07 Å². The molecule has 0 fully saturated rings. The lowest BCUT2D eigenvalue weighted by molar-refractivity contribution is 0.102. The Hall–Kier alpha value is -1.67. The minimum Gasteiger partial charge on any atom is -0.321 e. The first kappa shape index (κ1) is 23.0. The number of amides is 1. The lowest BCUT2D eigenvalue weighted by atomic mass is 10.2. The van der Waals surface area contributed by atoms with E-state index in [9.17, 15) is 13.2 Å². The van der Waals surface area contributed by atoms with Gasteiger partial charge in [0.2, 0.25) is 0 Å². The molecule has 0 aliphatic heterocycles. The van der Waals surface area contributed by atoms with Crippen LogP contribution in [0.2, 0.25) is 25.1 Å². The van der Waals surface area contributed by atoms with E-state index in [2.05, 4.69) is 10.0 Å². The van der Waals surface area contributed by atoms with Crippen molar-refractivity contribution in [2.75, 3.05) is 10.0 Å². The second-order valence-corrected chi connectivity index (χ2v) is 9.67. The number of hydrogen-bond donors (Lipinski definition) is 2. The van der Waals surface area contributed by atoms with Crippen molar-refractivity contribution in [3.05, 3.63) is 85.3 Å². The summed E-state index contributed by atoms with van der Waals surface area (Å²) < 4.78 is 27.9. The predicted octanol–water partition coefficient (Wildman–Crippen LogP) is 7.01. The molecule has 3 aromatic rings. The third kappa shape index (κ3) is 5.32. The van der Waals surface area contributed by atoms with Crippen molar-refractivity contribution >= 4 is 85.3 Å². The highest BCUT2D eigenvalue weighted by Crippen LogP contribution is 2.33. The number of anilines is 2. The third-order valence-electron chi connectivity index (χ3n) is 3.84. The Morgan fingerprint density at radius 3 is 2.03 bits per heavy atom. The van der Waals surface area contributed by atoms with E-state index in [-0.39, 0.29) is 41.9 Å². The minimum atomic E-state index is -4.08. The molecule has 0 aliphatic carbocycles. The number of halogens is 5. The van der Waals surface area contributed by atoms with E-state index in [0.29, 0.717) is 5.02 Å². The second-order valence-electron chi connectivity index (χ2n) is 5.96. The average Bonchev–Trinajstić information content (AvgIpc) is 2.68. The number of nitrogens with one attached hydrogen (secondary N) is 2. The molecule has 2 N–H and O–H groups in total. The van der Waals surface area contributed by atoms with Gasteiger partial charge in [0.1, 0.15) is 4.90 Å². The molecule has 1 amide bonds. The van der Waals surface area contributed by atoms with E-state index >= 15 is 0 Å². The molecule has 0 radical (unpaired) electrons. The second kappa shape index (κ2) is 9.22. The van der Waals surface area contributed by atoms with Crippen LogP contribution in [0.1, 0.15) is 10.4 Å². The molecule has 156 valence electrons. The Kier molecular flexibility index (Phi) is 7.07. The van der Waals surface area contributed by atoms with E-state index in [4.69, 9.17) is 58.0 Å². The zero-order chi connectivity index (χ0) is 22.1. The molecule has 5 nitrogen and oxygen atoms in total. The fraction of sp³-hybridized carbons (Fsp3) is 0. The summed E-state index contributed by atoms with van der Waals surface area (Å²) in [4.78, 5) is 12.4. The summed E-state index contributed by atoms with van der Waals surface area (Å²) in [7, 11) is -4.08. The van der Waals surface area contributed by atoms with Gasteiger partial charge in [-0.1, -0.05) is 58.0 Å². The highest BCUT2D eigenvalue weighted by Gasteiger charge is 2.21. The van der Waals surface area contributed by atoms with Crippen LogP contribution in [0.3, 0.4) is 0 Å². The van der Waals surface area contributed by atoms with Crippen molar-refractivity contribution in [2.45, 2.75) is 4.90 Å². The molecule has 0 heterocycles. The normalized spacial score (nSPS) is 11.2. The minimum absolute atomic E-state index is 0.0398. The van der Waals surface area contributed by atoms with Crippen LogP contribution in [0.25, 0.3) is 0 Å². The Bertz CT molecular complexity index is 1230. The summed E-state index contributed by atoms with van der Waals surface area (Å²) >= 11 is 29.8. The van der Waals surface area contributed by atoms with Crippen molar-refractivity contribution in [1.29, 1.82) is 0 Å². The van der Waals surface area contributed by atoms with Gasteiger partial charge >= 0.3 is 0 Å². The van der Waals surface area contributed by atoms with Gasteiger partial charge in [-0.05, 0) is 54.6 Å². The molecular weight excluding hydrogens is 514 g/mol. The lowest BCUT2D eigenvalue weighted by Crippen LogP contribution is -2.16. The first-order chi connectivity index (χ1) is 14.1. The topological polar surface area (TPSA) is 75.3 Å². The quantitative estimate of drug-likeness (QED) is 0.353. The smallest absolute Gasteiger partial charge is 0.263 e. The Morgan fingerprint density at radius 1 is 0.733 bits per heavy atom. The number of hydrogen-bond acceptors (Lipinski definition) is 3. The van der Waals surface area contributed by atoms with Gasteiger partial charge in [0.25, 0.3) is 15.9 Å². The fourth-order valence-corrected chi connectivity index (χ4v) is 4.70. The molecular formula is C19H11Cl5N2O3S. The molecule has 0 aliphatic rings. The molecule has 3 aromatic carbocycles.